The van der Waals surface area contributed by atoms with E-state index in [4.69, 9.17) is 4.74 Å². The molecule has 1 saturated carbocycles. The quantitative estimate of drug-likeness (QED) is 0.184. The number of carbonyl (C=O) groups excluding carboxylic acids is 1. The van der Waals surface area contributed by atoms with E-state index >= 15 is 0 Å². The summed E-state index contributed by atoms with van der Waals surface area (Å²) in [4.78, 5) is 20.8. The Kier molecular flexibility index (Phi) is 13.2. The van der Waals surface area contributed by atoms with Crippen molar-refractivity contribution in [2.45, 2.75) is 64.3 Å². The molecule has 2 aliphatic rings. The summed E-state index contributed by atoms with van der Waals surface area (Å²) in [5.74, 6) is 1.12. The summed E-state index contributed by atoms with van der Waals surface area (Å²) in [5, 5.41) is 7.01. The Labute approximate surface area is 200 Å². The summed E-state index contributed by atoms with van der Waals surface area (Å²) in [6.45, 7) is 7.52. The number of halogens is 1. The van der Waals surface area contributed by atoms with Gasteiger partial charge < -0.3 is 20.3 Å². The van der Waals surface area contributed by atoms with Crippen molar-refractivity contribution < 1.29 is 9.53 Å². The van der Waals surface area contributed by atoms with E-state index in [1.54, 1.807) is 4.90 Å². The van der Waals surface area contributed by atoms with Crippen LogP contribution in [0.3, 0.4) is 0 Å². The molecule has 1 atom stereocenters. The van der Waals surface area contributed by atoms with Gasteiger partial charge in [-0.25, -0.2) is 0 Å². The zero-order valence-electron chi connectivity index (χ0n) is 19.5. The van der Waals surface area contributed by atoms with E-state index in [0.29, 0.717) is 5.41 Å². The number of hydrogen-bond donors (Lipinski definition) is 2. The molecule has 30 heavy (non-hydrogen) atoms. The number of ether oxygens (including phenoxy) is 1. The normalized spacial score (nSPS) is 21.3. The number of likely N-dealkylation sites (tertiary alicyclic amines) is 1. The molecule has 7 nitrogen and oxygen atoms in total. The largest absolute Gasteiger partial charge is 0.382 e. The zero-order valence-corrected chi connectivity index (χ0v) is 21.9. The molecule has 176 valence electrons. The van der Waals surface area contributed by atoms with E-state index in [-0.39, 0.29) is 35.9 Å². The molecule has 1 unspecified atom stereocenters. The summed E-state index contributed by atoms with van der Waals surface area (Å²) >= 11 is 0. The van der Waals surface area contributed by atoms with Crippen LogP contribution in [0, 0.1) is 5.41 Å². The number of nitrogens with one attached hydrogen (secondary N) is 2. The van der Waals surface area contributed by atoms with Crippen LogP contribution in [0.4, 0.5) is 0 Å². The first-order chi connectivity index (χ1) is 14.0. The standard InChI is InChI=1S/C22H43N5O2.HI/c1-5-29-17-13-22(11-6-7-12-22)18-25-21(23-2)24-14-9-16-27-15-8-10-19(27)20(28)26(3)4;/h19H,5-18H2,1-4H3,(H2,23,24,25);1H. The molecule has 0 bridgehead atoms. The first-order valence-corrected chi connectivity index (χ1v) is 11.5. The van der Waals surface area contributed by atoms with Crippen molar-refractivity contribution in [3.05, 3.63) is 0 Å². The van der Waals surface area contributed by atoms with Crippen LogP contribution in [0.1, 0.15) is 58.3 Å². The van der Waals surface area contributed by atoms with Gasteiger partial charge in [-0.15, -0.1) is 24.0 Å². The molecule has 0 aromatic rings. The number of hydrogen-bond acceptors (Lipinski definition) is 4. The average Bonchev–Trinajstić information content (AvgIpc) is 3.37. The molecule has 8 heteroatoms. The molecular weight excluding hydrogens is 493 g/mol. The third-order valence-corrected chi connectivity index (χ3v) is 6.50. The Bertz CT molecular complexity index is 524. The Morgan fingerprint density at radius 3 is 2.60 bits per heavy atom. The lowest BCUT2D eigenvalue weighted by molar-refractivity contribution is -0.133. The van der Waals surface area contributed by atoms with Crippen molar-refractivity contribution >= 4 is 35.8 Å². The minimum Gasteiger partial charge on any atom is -0.382 e. The lowest BCUT2D eigenvalue weighted by Crippen LogP contribution is -2.45. The van der Waals surface area contributed by atoms with Gasteiger partial charge in [-0.2, -0.15) is 0 Å². The van der Waals surface area contributed by atoms with Gasteiger partial charge in [-0.05, 0) is 57.4 Å². The van der Waals surface area contributed by atoms with E-state index in [1.807, 2.05) is 21.1 Å². The van der Waals surface area contributed by atoms with Gasteiger partial charge in [0.25, 0.3) is 0 Å². The van der Waals surface area contributed by atoms with E-state index in [1.165, 1.54) is 25.7 Å². The van der Waals surface area contributed by atoms with Gasteiger partial charge in [0, 0.05) is 54.0 Å². The third kappa shape index (κ3) is 8.49. The van der Waals surface area contributed by atoms with E-state index in [2.05, 4.69) is 27.4 Å². The molecule has 1 saturated heterocycles. The molecule has 0 radical (unpaired) electrons. The second-order valence-electron chi connectivity index (χ2n) is 8.79. The fraction of sp³-hybridized carbons (Fsp3) is 0.909. The molecule has 1 heterocycles. The summed E-state index contributed by atoms with van der Waals surface area (Å²) in [5.41, 5.74) is 0.349. The molecule has 0 aromatic carbocycles. The number of guanidine groups is 1. The van der Waals surface area contributed by atoms with E-state index < -0.39 is 0 Å². The molecule has 2 fully saturated rings. The van der Waals surface area contributed by atoms with Crippen molar-refractivity contribution in [1.82, 2.24) is 20.4 Å². The summed E-state index contributed by atoms with van der Waals surface area (Å²) in [7, 11) is 5.53. The van der Waals surface area contributed by atoms with Crippen molar-refractivity contribution in [3.8, 4) is 0 Å². The predicted molar refractivity (Wildman–Crippen MR) is 135 cm³/mol. The highest BCUT2D eigenvalue weighted by atomic mass is 127. The molecule has 1 amide bonds. The summed E-state index contributed by atoms with van der Waals surface area (Å²) < 4.78 is 5.62. The molecule has 0 aromatic heterocycles. The van der Waals surface area contributed by atoms with Gasteiger partial charge in [0.15, 0.2) is 5.96 Å². The molecule has 2 N–H and O–H groups in total. The van der Waals surface area contributed by atoms with Crippen molar-refractivity contribution in [2.24, 2.45) is 10.4 Å². The topological polar surface area (TPSA) is 69.2 Å². The highest BCUT2D eigenvalue weighted by Crippen LogP contribution is 2.40. The first-order valence-electron chi connectivity index (χ1n) is 11.5. The van der Waals surface area contributed by atoms with Gasteiger partial charge >= 0.3 is 0 Å². The average molecular weight is 538 g/mol. The van der Waals surface area contributed by atoms with Crippen molar-refractivity contribution in [3.63, 3.8) is 0 Å². The lowest BCUT2D eigenvalue weighted by atomic mass is 9.83. The highest BCUT2D eigenvalue weighted by Gasteiger charge is 2.34. The van der Waals surface area contributed by atoms with Crippen LogP contribution in [-0.2, 0) is 9.53 Å². The molecular formula is C22H44IN5O2. The van der Waals surface area contributed by atoms with E-state index in [0.717, 1.165) is 71.0 Å². The van der Waals surface area contributed by atoms with Crippen LogP contribution < -0.4 is 10.6 Å². The highest BCUT2D eigenvalue weighted by molar-refractivity contribution is 14.0. The van der Waals surface area contributed by atoms with Crippen LogP contribution in [0.2, 0.25) is 0 Å². The fourth-order valence-electron chi connectivity index (χ4n) is 4.73. The number of carbonyl (C=O) groups is 1. The van der Waals surface area contributed by atoms with Crippen LogP contribution in [0.25, 0.3) is 0 Å². The van der Waals surface area contributed by atoms with Crippen molar-refractivity contribution in [1.29, 1.82) is 0 Å². The summed E-state index contributed by atoms with van der Waals surface area (Å²) in [6.07, 6.45) is 9.43. The molecule has 2 rings (SSSR count). The number of nitrogens with zero attached hydrogens (tertiary/aromatic N) is 3. The number of rotatable bonds is 11. The molecule has 0 spiro atoms. The molecule has 1 aliphatic heterocycles. The number of likely N-dealkylation sites (N-methyl/N-ethyl adjacent to an activating group) is 1. The Morgan fingerprint density at radius 2 is 1.97 bits per heavy atom. The van der Waals surface area contributed by atoms with Crippen LogP contribution in [0.5, 0.6) is 0 Å². The Morgan fingerprint density at radius 1 is 1.23 bits per heavy atom. The van der Waals surface area contributed by atoms with Crippen LogP contribution in [0.15, 0.2) is 4.99 Å². The maximum Gasteiger partial charge on any atom is 0.239 e. The van der Waals surface area contributed by atoms with Gasteiger partial charge in [0.1, 0.15) is 0 Å². The number of amides is 1. The maximum absolute atomic E-state index is 12.3. The first kappa shape index (κ1) is 27.4. The van der Waals surface area contributed by atoms with Gasteiger partial charge in [-0.1, -0.05) is 12.8 Å². The van der Waals surface area contributed by atoms with E-state index in [9.17, 15) is 4.79 Å². The smallest absolute Gasteiger partial charge is 0.239 e. The fourth-order valence-corrected chi connectivity index (χ4v) is 4.73. The SMILES string of the molecule is CCOCCC1(CNC(=NC)NCCCN2CCCC2C(=O)N(C)C)CCCC1.I. The summed E-state index contributed by atoms with van der Waals surface area (Å²) in [6, 6.07) is 0.0648. The van der Waals surface area contributed by atoms with Gasteiger partial charge in [0.2, 0.25) is 5.91 Å². The Balaban J connectivity index is 0.00000450. The second kappa shape index (κ2) is 14.5. The Hall–Kier alpha value is -0.610. The lowest BCUT2D eigenvalue weighted by Gasteiger charge is -2.30. The predicted octanol–water partition coefficient (Wildman–Crippen LogP) is 2.70. The maximum atomic E-state index is 12.3. The molecule has 1 aliphatic carbocycles. The number of aliphatic imine (C=N–C) groups is 1. The zero-order chi connectivity index (χ0) is 21.1. The minimum absolute atomic E-state index is 0. The monoisotopic (exact) mass is 537 g/mol. The van der Waals surface area contributed by atoms with Crippen LogP contribution >= 0.6 is 24.0 Å². The van der Waals surface area contributed by atoms with Crippen LogP contribution in [-0.4, -0.2) is 88.2 Å². The van der Waals surface area contributed by atoms with Crippen molar-refractivity contribution in [2.75, 3.05) is 60.5 Å². The minimum atomic E-state index is 0. The third-order valence-electron chi connectivity index (χ3n) is 6.50. The van der Waals surface area contributed by atoms with Gasteiger partial charge in [0.05, 0.1) is 6.04 Å². The van der Waals surface area contributed by atoms with Gasteiger partial charge in [-0.3, -0.25) is 14.7 Å². The second-order valence-corrected chi connectivity index (χ2v) is 8.79.